The third kappa shape index (κ3) is 4.46. The molecule has 0 aromatic carbocycles. The number of carbonyl (C=O) groups is 2. The molecule has 0 spiro atoms. The first-order chi connectivity index (χ1) is 3.55. The van der Waals surface area contributed by atoms with Gasteiger partial charge in [0.1, 0.15) is 0 Å². The second-order valence-corrected chi connectivity index (χ2v) is 1.62. The van der Waals surface area contributed by atoms with Crippen molar-refractivity contribution in [3.63, 3.8) is 0 Å². The minimum atomic E-state index is -1.41. The Morgan fingerprint density at radius 1 is 1.22 bits per heavy atom. The van der Waals surface area contributed by atoms with Crippen molar-refractivity contribution in [2.75, 3.05) is 0 Å². The van der Waals surface area contributed by atoms with Gasteiger partial charge in [0.15, 0.2) is 17.7 Å². The Hall–Kier alpha value is -0.0377. The van der Waals surface area contributed by atoms with Crippen LogP contribution >= 0.6 is 0 Å². The van der Waals surface area contributed by atoms with Crippen LogP contribution in [0.1, 0.15) is 13.8 Å². The van der Waals surface area contributed by atoms with E-state index in [0.717, 1.165) is 0 Å². The van der Waals surface area contributed by atoms with Crippen LogP contribution < -0.4 is 0 Å². The van der Waals surface area contributed by atoms with Gasteiger partial charge in [0.25, 0.3) is 0 Å². The topological polar surface area (TPSA) is 54.4 Å². The van der Waals surface area contributed by atoms with Gasteiger partial charge in [-0.25, -0.2) is 0 Å². The van der Waals surface area contributed by atoms with Gasteiger partial charge in [-0.15, -0.1) is 0 Å². The number of hydrogen-bond acceptors (Lipinski definition) is 3. The molecule has 0 bridgehead atoms. The van der Waals surface area contributed by atoms with Crippen LogP contribution in [0.2, 0.25) is 0 Å². The molecule has 0 radical (unpaired) electrons. The van der Waals surface area contributed by atoms with Crippen molar-refractivity contribution < 1.29 is 35.1 Å². The summed E-state index contributed by atoms with van der Waals surface area (Å²) in [6.45, 7) is 2.35. The molecular formula is C5H8O3Pd. The van der Waals surface area contributed by atoms with Crippen molar-refractivity contribution in [3.05, 3.63) is 0 Å². The van der Waals surface area contributed by atoms with E-state index in [1.54, 1.807) is 0 Å². The van der Waals surface area contributed by atoms with E-state index < -0.39 is 17.7 Å². The summed E-state index contributed by atoms with van der Waals surface area (Å²) in [6, 6.07) is 0. The average molecular weight is 223 g/mol. The van der Waals surface area contributed by atoms with Gasteiger partial charge in [-0.2, -0.15) is 0 Å². The zero-order chi connectivity index (χ0) is 6.73. The van der Waals surface area contributed by atoms with E-state index in [1.807, 2.05) is 0 Å². The maximum absolute atomic E-state index is 10.1. The van der Waals surface area contributed by atoms with Crippen LogP contribution in [0, 0.1) is 0 Å². The van der Waals surface area contributed by atoms with Crippen LogP contribution in [0.4, 0.5) is 0 Å². The molecule has 0 saturated carbocycles. The Morgan fingerprint density at radius 3 is 1.44 bits per heavy atom. The van der Waals surface area contributed by atoms with E-state index in [-0.39, 0.29) is 20.4 Å². The minimum Gasteiger partial charge on any atom is -0.378 e. The predicted octanol–water partition coefficient (Wildman–Crippen LogP) is -0.477. The molecule has 3 nitrogen and oxygen atoms in total. The summed E-state index contributed by atoms with van der Waals surface area (Å²) >= 11 is 0. The Kier molecular flexibility index (Phi) is 6.26. The van der Waals surface area contributed by atoms with Gasteiger partial charge in [0, 0.05) is 20.4 Å². The number of aliphatic hydroxyl groups excluding tert-OH is 1. The predicted molar refractivity (Wildman–Crippen MR) is 27.4 cm³/mol. The fourth-order valence-corrected chi connectivity index (χ4v) is 0.286. The van der Waals surface area contributed by atoms with Crippen molar-refractivity contribution in [3.8, 4) is 0 Å². The van der Waals surface area contributed by atoms with Crippen LogP contribution in [-0.4, -0.2) is 22.8 Å². The van der Waals surface area contributed by atoms with Crippen LogP contribution in [0.3, 0.4) is 0 Å². The van der Waals surface area contributed by atoms with E-state index in [9.17, 15) is 9.59 Å². The normalized spacial score (nSPS) is 8.44. The fraction of sp³-hybridized carbons (Fsp3) is 0.600. The van der Waals surface area contributed by atoms with Crippen LogP contribution in [0.25, 0.3) is 0 Å². The first-order valence-electron chi connectivity index (χ1n) is 2.24. The number of carbonyl (C=O) groups excluding carboxylic acids is 2. The van der Waals surface area contributed by atoms with Gasteiger partial charge in [-0.1, -0.05) is 0 Å². The van der Waals surface area contributed by atoms with Gasteiger partial charge in [0.2, 0.25) is 0 Å². The molecule has 1 N–H and O–H groups in total. The quantitative estimate of drug-likeness (QED) is 0.507. The van der Waals surface area contributed by atoms with Gasteiger partial charge in [0.05, 0.1) is 0 Å². The van der Waals surface area contributed by atoms with E-state index in [0.29, 0.717) is 0 Å². The summed E-state index contributed by atoms with van der Waals surface area (Å²) in [6.07, 6.45) is -1.41. The molecule has 0 unspecified atom stereocenters. The largest absolute Gasteiger partial charge is 0.378 e. The minimum absolute atomic E-state index is 0. The Morgan fingerprint density at radius 2 is 1.44 bits per heavy atom. The van der Waals surface area contributed by atoms with Crippen molar-refractivity contribution >= 4 is 11.6 Å². The number of Topliss-reactive ketones (excluding diaryl/α,β-unsaturated/α-hetero) is 2. The summed E-state index contributed by atoms with van der Waals surface area (Å²) in [5.74, 6) is -1.00. The molecular weight excluding hydrogens is 214 g/mol. The summed E-state index contributed by atoms with van der Waals surface area (Å²) < 4.78 is 0. The molecule has 4 heteroatoms. The van der Waals surface area contributed by atoms with Crippen molar-refractivity contribution in [2.24, 2.45) is 0 Å². The Bertz CT molecular complexity index is 107. The average Bonchev–Trinajstić information content (AvgIpc) is 1.64. The summed E-state index contributed by atoms with van der Waals surface area (Å²) in [4.78, 5) is 20.2. The molecule has 0 amide bonds. The molecule has 0 saturated heterocycles. The number of ketones is 2. The number of rotatable bonds is 2. The van der Waals surface area contributed by atoms with Crippen molar-refractivity contribution in [2.45, 2.75) is 20.0 Å². The smallest absolute Gasteiger partial charge is 0.170 e. The van der Waals surface area contributed by atoms with E-state index in [2.05, 4.69) is 0 Å². The van der Waals surface area contributed by atoms with Crippen LogP contribution in [0.15, 0.2) is 0 Å². The molecule has 0 aromatic rings. The molecule has 0 heterocycles. The van der Waals surface area contributed by atoms with E-state index >= 15 is 0 Å². The number of hydrogen-bond donors (Lipinski definition) is 1. The fourth-order valence-electron chi connectivity index (χ4n) is 0.286. The maximum atomic E-state index is 10.1. The second-order valence-electron chi connectivity index (χ2n) is 1.62. The molecule has 9 heavy (non-hydrogen) atoms. The van der Waals surface area contributed by atoms with Crippen LogP contribution in [-0.2, 0) is 30.0 Å². The molecule has 0 rings (SSSR count). The van der Waals surface area contributed by atoms with E-state index in [1.165, 1.54) is 13.8 Å². The number of aliphatic hydroxyl groups is 1. The van der Waals surface area contributed by atoms with Crippen LogP contribution in [0.5, 0.6) is 0 Å². The SMILES string of the molecule is CC(=O)C(O)C(C)=O.[Pd]. The first-order valence-corrected chi connectivity index (χ1v) is 2.24. The molecule has 0 aliphatic heterocycles. The van der Waals surface area contributed by atoms with Crippen molar-refractivity contribution in [1.29, 1.82) is 0 Å². The first kappa shape index (κ1) is 11.7. The molecule has 0 fully saturated rings. The third-order valence-electron chi connectivity index (χ3n) is 0.770. The van der Waals surface area contributed by atoms with E-state index in [4.69, 9.17) is 5.11 Å². The summed E-state index contributed by atoms with van der Waals surface area (Å²) in [5.41, 5.74) is 0. The third-order valence-corrected chi connectivity index (χ3v) is 0.770. The summed E-state index contributed by atoms with van der Waals surface area (Å²) in [7, 11) is 0. The molecule has 0 atom stereocenters. The Balaban J connectivity index is 0. The monoisotopic (exact) mass is 222 g/mol. The Labute approximate surface area is 67.1 Å². The second kappa shape index (κ2) is 4.81. The van der Waals surface area contributed by atoms with Gasteiger partial charge >= 0.3 is 0 Å². The zero-order valence-corrected chi connectivity index (χ0v) is 6.71. The maximum Gasteiger partial charge on any atom is 0.170 e. The van der Waals surface area contributed by atoms with Gasteiger partial charge < -0.3 is 5.11 Å². The van der Waals surface area contributed by atoms with Gasteiger partial charge in [-0.3, -0.25) is 9.59 Å². The standard InChI is InChI=1S/C5H8O3.Pd/c1-3(6)5(8)4(2)7;/h5,8H,1-2H3;. The molecule has 0 aromatic heterocycles. The van der Waals surface area contributed by atoms with Gasteiger partial charge in [-0.05, 0) is 13.8 Å². The summed E-state index contributed by atoms with van der Waals surface area (Å²) in [5, 5.41) is 8.50. The zero-order valence-electron chi connectivity index (χ0n) is 5.16. The molecule has 0 aliphatic rings. The molecule has 56 valence electrons. The molecule has 0 aliphatic carbocycles. The van der Waals surface area contributed by atoms with Crippen molar-refractivity contribution in [1.82, 2.24) is 0 Å².